The molecule has 0 bridgehead atoms. The molecule has 1 aliphatic heterocycles. The Labute approximate surface area is 118 Å². The number of hydrogen-bond donors (Lipinski definition) is 1. The van der Waals surface area contributed by atoms with E-state index in [4.69, 9.17) is 5.11 Å². The van der Waals surface area contributed by atoms with Crippen LogP contribution in [0.1, 0.15) is 33.1 Å². The van der Waals surface area contributed by atoms with Gasteiger partial charge in [-0.3, -0.25) is 4.90 Å². The van der Waals surface area contributed by atoms with Crippen molar-refractivity contribution < 1.29 is 9.90 Å². The molecule has 1 unspecified atom stereocenters. The van der Waals surface area contributed by atoms with Gasteiger partial charge in [0, 0.05) is 6.54 Å². The van der Waals surface area contributed by atoms with E-state index in [0.717, 1.165) is 18.5 Å². The number of carboxylic acids is 1. The van der Waals surface area contributed by atoms with Crippen LogP contribution in [0.2, 0.25) is 0 Å². The quantitative estimate of drug-likeness (QED) is 0.909. The van der Waals surface area contributed by atoms with Crippen LogP contribution in [0.5, 0.6) is 0 Å². The van der Waals surface area contributed by atoms with Gasteiger partial charge in [-0.25, -0.2) is 4.79 Å². The highest BCUT2D eigenvalue weighted by molar-refractivity contribution is 5.87. The van der Waals surface area contributed by atoms with E-state index in [-0.39, 0.29) is 6.04 Å². The second-order valence-electron chi connectivity index (χ2n) is 5.26. The standard InChI is InChI=1S/C17H17NO2/c1-18-10-9-12-5-2-3-8-15(12)16(18)13-6-4-7-14(11-13)17(19)20/h2-8,11,16H,9-10H2,1H3,(H,19,20). The molecule has 0 aromatic heterocycles. The summed E-state index contributed by atoms with van der Waals surface area (Å²) >= 11 is 0. The van der Waals surface area contributed by atoms with E-state index in [1.54, 1.807) is 12.1 Å². The molecular formula is C17H17NO2. The normalized spacial score (nSPS) is 18.6. The Hall–Kier alpha value is -2.13. The Kier molecular flexibility index (Phi) is 3.28. The predicted molar refractivity (Wildman–Crippen MR) is 78.0 cm³/mol. The highest BCUT2D eigenvalue weighted by atomic mass is 16.4. The maximum atomic E-state index is 11.1. The molecule has 1 heterocycles. The minimum atomic E-state index is -0.876. The monoisotopic (exact) mass is 267 g/mol. The van der Waals surface area contributed by atoms with Crippen LogP contribution in [0.4, 0.5) is 0 Å². The zero-order valence-corrected chi connectivity index (χ0v) is 11.4. The van der Waals surface area contributed by atoms with Gasteiger partial charge in [-0.2, -0.15) is 0 Å². The van der Waals surface area contributed by atoms with Crippen molar-refractivity contribution in [3.05, 3.63) is 70.8 Å². The lowest BCUT2D eigenvalue weighted by Crippen LogP contribution is -2.32. The van der Waals surface area contributed by atoms with Gasteiger partial charge in [0.25, 0.3) is 0 Å². The van der Waals surface area contributed by atoms with Gasteiger partial charge < -0.3 is 5.11 Å². The van der Waals surface area contributed by atoms with Crippen molar-refractivity contribution in [1.82, 2.24) is 4.90 Å². The molecule has 0 fully saturated rings. The summed E-state index contributed by atoms with van der Waals surface area (Å²) in [4.78, 5) is 13.4. The number of benzene rings is 2. The van der Waals surface area contributed by atoms with E-state index in [9.17, 15) is 4.79 Å². The number of carboxylic acid groups (broad SMARTS) is 1. The van der Waals surface area contributed by atoms with Crippen molar-refractivity contribution >= 4 is 5.97 Å². The Morgan fingerprint density at radius 3 is 2.80 bits per heavy atom. The van der Waals surface area contributed by atoms with E-state index in [1.165, 1.54) is 11.1 Å². The molecule has 102 valence electrons. The second kappa shape index (κ2) is 5.10. The predicted octanol–water partition coefficient (Wildman–Crippen LogP) is 2.96. The average Bonchev–Trinajstić information content (AvgIpc) is 2.47. The summed E-state index contributed by atoms with van der Waals surface area (Å²) in [7, 11) is 2.09. The van der Waals surface area contributed by atoms with Crippen LogP contribution in [0.15, 0.2) is 48.5 Å². The summed E-state index contributed by atoms with van der Waals surface area (Å²) < 4.78 is 0. The van der Waals surface area contributed by atoms with Gasteiger partial charge >= 0.3 is 5.97 Å². The zero-order valence-electron chi connectivity index (χ0n) is 11.4. The molecule has 1 atom stereocenters. The van der Waals surface area contributed by atoms with Gasteiger partial charge in [0.15, 0.2) is 0 Å². The Balaban J connectivity index is 2.09. The summed E-state index contributed by atoms with van der Waals surface area (Å²) in [6.45, 7) is 0.985. The number of aromatic carboxylic acids is 1. The molecule has 1 N–H and O–H groups in total. The molecule has 0 radical (unpaired) electrons. The van der Waals surface area contributed by atoms with Crippen LogP contribution in [0, 0.1) is 0 Å². The maximum Gasteiger partial charge on any atom is 0.335 e. The van der Waals surface area contributed by atoms with Crippen LogP contribution < -0.4 is 0 Å². The fourth-order valence-electron chi connectivity index (χ4n) is 2.97. The van der Waals surface area contributed by atoms with Crippen molar-refractivity contribution in [2.24, 2.45) is 0 Å². The first-order chi connectivity index (χ1) is 9.66. The van der Waals surface area contributed by atoms with Crippen LogP contribution in [0.25, 0.3) is 0 Å². The molecule has 20 heavy (non-hydrogen) atoms. The molecule has 2 aromatic carbocycles. The third-order valence-electron chi connectivity index (χ3n) is 3.97. The van der Waals surface area contributed by atoms with Crippen molar-refractivity contribution in [2.45, 2.75) is 12.5 Å². The summed E-state index contributed by atoms with van der Waals surface area (Å²) in [5.74, 6) is -0.876. The number of fused-ring (bicyclic) bond motifs is 1. The number of rotatable bonds is 2. The lowest BCUT2D eigenvalue weighted by molar-refractivity contribution is 0.0696. The topological polar surface area (TPSA) is 40.5 Å². The van der Waals surface area contributed by atoms with Crippen molar-refractivity contribution in [2.75, 3.05) is 13.6 Å². The van der Waals surface area contributed by atoms with Crippen LogP contribution >= 0.6 is 0 Å². The van der Waals surface area contributed by atoms with Crippen LogP contribution in [0.3, 0.4) is 0 Å². The highest BCUT2D eigenvalue weighted by Crippen LogP contribution is 2.34. The van der Waals surface area contributed by atoms with E-state index in [2.05, 4.69) is 30.1 Å². The first-order valence-corrected chi connectivity index (χ1v) is 6.78. The number of carbonyl (C=O) groups is 1. The Bertz CT molecular complexity index is 651. The molecule has 3 heteroatoms. The third-order valence-corrected chi connectivity index (χ3v) is 3.97. The summed E-state index contributed by atoms with van der Waals surface area (Å²) in [5, 5.41) is 9.16. The lowest BCUT2D eigenvalue weighted by atomic mass is 9.88. The number of likely N-dealkylation sites (N-methyl/N-ethyl adjacent to an activating group) is 1. The summed E-state index contributed by atoms with van der Waals surface area (Å²) in [6.07, 6.45) is 1.04. The lowest BCUT2D eigenvalue weighted by Gasteiger charge is -2.35. The van der Waals surface area contributed by atoms with Crippen molar-refractivity contribution in [3.63, 3.8) is 0 Å². The van der Waals surface area contributed by atoms with Gasteiger partial charge in [-0.05, 0) is 42.3 Å². The van der Waals surface area contributed by atoms with Gasteiger partial charge in [0.2, 0.25) is 0 Å². The molecular weight excluding hydrogens is 250 g/mol. The third kappa shape index (κ3) is 2.21. The second-order valence-corrected chi connectivity index (χ2v) is 5.26. The minimum absolute atomic E-state index is 0.138. The fourth-order valence-corrected chi connectivity index (χ4v) is 2.97. The van der Waals surface area contributed by atoms with E-state index in [1.807, 2.05) is 18.2 Å². The molecule has 1 aliphatic rings. The van der Waals surface area contributed by atoms with Crippen molar-refractivity contribution in [1.29, 1.82) is 0 Å². The summed E-state index contributed by atoms with van der Waals surface area (Å²) in [6, 6.07) is 15.8. The van der Waals surface area contributed by atoms with Gasteiger partial charge in [-0.1, -0.05) is 36.4 Å². The smallest absolute Gasteiger partial charge is 0.335 e. The zero-order chi connectivity index (χ0) is 14.1. The SMILES string of the molecule is CN1CCc2ccccc2C1c1cccc(C(=O)O)c1. The van der Waals surface area contributed by atoms with Crippen LogP contribution in [-0.4, -0.2) is 29.6 Å². The first kappa shape index (κ1) is 12.9. The van der Waals surface area contributed by atoms with E-state index < -0.39 is 5.97 Å². The maximum absolute atomic E-state index is 11.1. The van der Waals surface area contributed by atoms with Crippen molar-refractivity contribution in [3.8, 4) is 0 Å². The highest BCUT2D eigenvalue weighted by Gasteiger charge is 2.26. The molecule has 0 aliphatic carbocycles. The van der Waals surface area contributed by atoms with Gasteiger partial charge in [0.1, 0.15) is 0 Å². The summed E-state index contributed by atoms with van der Waals surface area (Å²) in [5.41, 5.74) is 4.03. The van der Waals surface area contributed by atoms with E-state index in [0.29, 0.717) is 5.56 Å². The average molecular weight is 267 g/mol. The van der Waals surface area contributed by atoms with Gasteiger partial charge in [-0.15, -0.1) is 0 Å². The molecule has 0 amide bonds. The first-order valence-electron chi connectivity index (χ1n) is 6.78. The largest absolute Gasteiger partial charge is 0.478 e. The molecule has 3 nitrogen and oxygen atoms in total. The van der Waals surface area contributed by atoms with Crippen LogP contribution in [-0.2, 0) is 6.42 Å². The molecule has 0 saturated carbocycles. The minimum Gasteiger partial charge on any atom is -0.478 e. The number of hydrogen-bond acceptors (Lipinski definition) is 2. The molecule has 0 saturated heterocycles. The Morgan fingerprint density at radius 2 is 2.00 bits per heavy atom. The Morgan fingerprint density at radius 1 is 1.20 bits per heavy atom. The fraction of sp³-hybridized carbons (Fsp3) is 0.235. The number of nitrogens with zero attached hydrogens (tertiary/aromatic N) is 1. The molecule has 2 aromatic rings. The molecule has 3 rings (SSSR count). The van der Waals surface area contributed by atoms with E-state index >= 15 is 0 Å². The van der Waals surface area contributed by atoms with Gasteiger partial charge in [0.05, 0.1) is 11.6 Å². The molecule has 0 spiro atoms.